The van der Waals surface area contributed by atoms with E-state index in [0.717, 1.165) is 19.5 Å². The predicted molar refractivity (Wildman–Crippen MR) is 54.4 cm³/mol. The second-order valence-corrected chi connectivity index (χ2v) is 4.27. The van der Waals surface area contributed by atoms with E-state index in [9.17, 15) is 9.90 Å². The summed E-state index contributed by atoms with van der Waals surface area (Å²) in [6.07, 6.45) is 0.153. The fourth-order valence-electron chi connectivity index (χ4n) is 2.29. The van der Waals surface area contributed by atoms with Gasteiger partial charge < -0.3 is 20.1 Å². The van der Waals surface area contributed by atoms with Gasteiger partial charge in [0.15, 0.2) is 0 Å². The van der Waals surface area contributed by atoms with E-state index in [4.69, 9.17) is 4.74 Å². The zero-order valence-electron chi connectivity index (χ0n) is 8.98. The molecular formula is C10H18N2O3. The molecule has 2 fully saturated rings. The van der Waals surface area contributed by atoms with E-state index in [1.54, 1.807) is 12.0 Å². The third-order valence-electron chi connectivity index (χ3n) is 3.26. The average molecular weight is 214 g/mol. The molecule has 3 unspecified atom stereocenters. The van der Waals surface area contributed by atoms with Crippen LogP contribution >= 0.6 is 0 Å². The highest BCUT2D eigenvalue weighted by Crippen LogP contribution is 2.18. The number of hydrogen-bond acceptors (Lipinski definition) is 4. The molecule has 2 saturated heterocycles. The van der Waals surface area contributed by atoms with Gasteiger partial charge in [-0.25, -0.2) is 0 Å². The molecule has 0 aliphatic carbocycles. The van der Waals surface area contributed by atoms with Crippen molar-refractivity contribution in [1.29, 1.82) is 0 Å². The summed E-state index contributed by atoms with van der Waals surface area (Å²) in [6, 6.07) is 0. The first kappa shape index (κ1) is 10.9. The molecule has 0 saturated carbocycles. The van der Waals surface area contributed by atoms with Crippen molar-refractivity contribution in [3.63, 3.8) is 0 Å². The SMILES string of the molecule is COC1CN(C(=O)C2CCNC2)CC1O. The van der Waals surface area contributed by atoms with Crippen LogP contribution in [0, 0.1) is 5.92 Å². The normalized spacial score (nSPS) is 36.1. The average Bonchev–Trinajstić information content (AvgIpc) is 2.85. The summed E-state index contributed by atoms with van der Waals surface area (Å²) in [5.74, 6) is 0.242. The van der Waals surface area contributed by atoms with Crippen LogP contribution in [0.4, 0.5) is 0 Å². The molecule has 0 spiro atoms. The topological polar surface area (TPSA) is 61.8 Å². The Balaban J connectivity index is 1.91. The highest BCUT2D eigenvalue weighted by Gasteiger charge is 2.37. The van der Waals surface area contributed by atoms with Crippen molar-refractivity contribution in [2.45, 2.75) is 18.6 Å². The minimum absolute atomic E-state index is 0.0906. The maximum Gasteiger partial charge on any atom is 0.227 e. The molecule has 5 heteroatoms. The van der Waals surface area contributed by atoms with Crippen LogP contribution in [0.3, 0.4) is 0 Å². The first-order valence-electron chi connectivity index (χ1n) is 5.42. The quantitative estimate of drug-likeness (QED) is 0.607. The van der Waals surface area contributed by atoms with Crippen molar-refractivity contribution in [3.8, 4) is 0 Å². The fourth-order valence-corrected chi connectivity index (χ4v) is 2.29. The van der Waals surface area contributed by atoms with Crippen LogP contribution in [0.25, 0.3) is 0 Å². The standard InChI is InChI=1S/C10H18N2O3/c1-15-9-6-12(5-8(9)13)10(14)7-2-3-11-4-7/h7-9,11,13H,2-6H2,1H3. The molecular weight excluding hydrogens is 196 g/mol. The van der Waals surface area contributed by atoms with Crippen molar-refractivity contribution < 1.29 is 14.6 Å². The van der Waals surface area contributed by atoms with E-state index in [-0.39, 0.29) is 17.9 Å². The molecule has 2 N–H and O–H groups in total. The summed E-state index contributed by atoms with van der Waals surface area (Å²) >= 11 is 0. The lowest BCUT2D eigenvalue weighted by atomic mass is 10.1. The smallest absolute Gasteiger partial charge is 0.227 e. The number of aliphatic hydroxyl groups excluding tert-OH is 1. The zero-order chi connectivity index (χ0) is 10.8. The lowest BCUT2D eigenvalue weighted by molar-refractivity contribution is -0.134. The molecule has 0 bridgehead atoms. The number of β-amino-alcohol motifs (C(OH)–C–C–N with tert-alkyl or cyclic N) is 1. The van der Waals surface area contributed by atoms with Crippen LogP contribution in [0.1, 0.15) is 6.42 Å². The van der Waals surface area contributed by atoms with Crippen LogP contribution in [-0.4, -0.2) is 61.4 Å². The zero-order valence-corrected chi connectivity index (χ0v) is 8.98. The van der Waals surface area contributed by atoms with Crippen LogP contribution in [0.15, 0.2) is 0 Å². The number of ether oxygens (including phenoxy) is 1. The molecule has 2 aliphatic heterocycles. The molecule has 0 aromatic carbocycles. The summed E-state index contributed by atoms with van der Waals surface area (Å²) in [6.45, 7) is 2.62. The summed E-state index contributed by atoms with van der Waals surface area (Å²) in [4.78, 5) is 13.7. The minimum Gasteiger partial charge on any atom is -0.388 e. The first-order chi connectivity index (χ1) is 7.22. The molecule has 0 radical (unpaired) electrons. The molecule has 1 amide bonds. The van der Waals surface area contributed by atoms with E-state index < -0.39 is 6.10 Å². The molecule has 86 valence electrons. The van der Waals surface area contributed by atoms with Crippen LogP contribution < -0.4 is 5.32 Å². The number of carbonyl (C=O) groups is 1. The number of methoxy groups -OCH3 is 1. The second-order valence-electron chi connectivity index (χ2n) is 4.27. The van der Waals surface area contributed by atoms with Gasteiger partial charge >= 0.3 is 0 Å². The van der Waals surface area contributed by atoms with Gasteiger partial charge in [0.2, 0.25) is 5.91 Å². The van der Waals surface area contributed by atoms with Gasteiger partial charge in [-0.05, 0) is 13.0 Å². The van der Waals surface area contributed by atoms with Gasteiger partial charge in [0.25, 0.3) is 0 Å². The maximum absolute atomic E-state index is 12.0. The summed E-state index contributed by atoms with van der Waals surface area (Å²) < 4.78 is 5.11. The highest BCUT2D eigenvalue weighted by atomic mass is 16.5. The van der Waals surface area contributed by atoms with Crippen molar-refractivity contribution in [1.82, 2.24) is 10.2 Å². The Labute approximate surface area is 89.4 Å². The number of nitrogens with one attached hydrogen (secondary N) is 1. The lowest BCUT2D eigenvalue weighted by Gasteiger charge is -2.19. The molecule has 2 rings (SSSR count). The van der Waals surface area contributed by atoms with Crippen LogP contribution in [0.5, 0.6) is 0 Å². The summed E-state index contributed by atoms with van der Waals surface area (Å²) in [5.41, 5.74) is 0. The van der Waals surface area contributed by atoms with Crippen molar-refractivity contribution in [2.75, 3.05) is 33.3 Å². The van der Waals surface area contributed by atoms with Crippen molar-refractivity contribution >= 4 is 5.91 Å². The lowest BCUT2D eigenvalue weighted by Crippen LogP contribution is -2.36. The molecule has 2 aliphatic rings. The Kier molecular flexibility index (Phi) is 3.23. The monoisotopic (exact) mass is 214 g/mol. The van der Waals surface area contributed by atoms with Gasteiger partial charge in [-0.2, -0.15) is 0 Å². The van der Waals surface area contributed by atoms with E-state index >= 15 is 0 Å². The largest absolute Gasteiger partial charge is 0.388 e. The summed E-state index contributed by atoms with van der Waals surface area (Å²) in [5, 5.41) is 12.8. The summed E-state index contributed by atoms with van der Waals surface area (Å²) in [7, 11) is 1.57. The predicted octanol–water partition coefficient (Wildman–Crippen LogP) is -1.19. The van der Waals surface area contributed by atoms with Gasteiger partial charge in [0.05, 0.1) is 12.0 Å². The van der Waals surface area contributed by atoms with E-state index in [2.05, 4.69) is 5.32 Å². The number of carbonyl (C=O) groups excluding carboxylic acids is 1. The highest BCUT2D eigenvalue weighted by molar-refractivity contribution is 5.79. The Hall–Kier alpha value is -0.650. The number of nitrogens with zero attached hydrogens (tertiary/aromatic N) is 1. The molecule has 0 aromatic rings. The maximum atomic E-state index is 12.0. The Morgan fingerprint density at radius 3 is 2.87 bits per heavy atom. The minimum atomic E-state index is -0.534. The third-order valence-corrected chi connectivity index (χ3v) is 3.26. The van der Waals surface area contributed by atoms with E-state index in [1.807, 2.05) is 0 Å². The number of hydrogen-bond donors (Lipinski definition) is 2. The van der Waals surface area contributed by atoms with Gasteiger partial charge in [0, 0.05) is 26.7 Å². The van der Waals surface area contributed by atoms with E-state index in [1.165, 1.54) is 0 Å². The van der Waals surface area contributed by atoms with Crippen molar-refractivity contribution in [3.05, 3.63) is 0 Å². The number of amides is 1. The molecule has 5 nitrogen and oxygen atoms in total. The van der Waals surface area contributed by atoms with Gasteiger partial charge in [-0.15, -0.1) is 0 Å². The second kappa shape index (κ2) is 4.47. The molecule has 0 aromatic heterocycles. The van der Waals surface area contributed by atoms with Crippen LogP contribution in [-0.2, 0) is 9.53 Å². The van der Waals surface area contributed by atoms with Gasteiger partial charge in [-0.3, -0.25) is 4.79 Å². The molecule has 3 atom stereocenters. The fraction of sp³-hybridized carbons (Fsp3) is 0.900. The van der Waals surface area contributed by atoms with Gasteiger partial charge in [0.1, 0.15) is 6.10 Å². The van der Waals surface area contributed by atoms with E-state index in [0.29, 0.717) is 13.1 Å². The third kappa shape index (κ3) is 2.14. The number of aliphatic hydroxyl groups is 1. The Bertz CT molecular complexity index is 241. The Morgan fingerprint density at radius 1 is 1.53 bits per heavy atom. The Morgan fingerprint density at radius 2 is 2.33 bits per heavy atom. The number of rotatable bonds is 2. The number of likely N-dealkylation sites (tertiary alicyclic amines) is 1. The molecule has 2 heterocycles. The molecule has 15 heavy (non-hydrogen) atoms. The van der Waals surface area contributed by atoms with Crippen LogP contribution in [0.2, 0.25) is 0 Å². The van der Waals surface area contributed by atoms with Crippen molar-refractivity contribution in [2.24, 2.45) is 5.92 Å². The first-order valence-corrected chi connectivity index (χ1v) is 5.42. The van der Waals surface area contributed by atoms with Gasteiger partial charge in [-0.1, -0.05) is 0 Å².